The molecule has 1 amide bonds. The van der Waals surface area contributed by atoms with Crippen LogP contribution in [0.4, 0.5) is 0 Å². The second-order valence-corrected chi connectivity index (χ2v) is 7.11. The number of benzene rings is 2. The first-order valence-electron chi connectivity index (χ1n) is 7.06. The van der Waals surface area contributed by atoms with Crippen LogP contribution in [-0.2, 0) is 0 Å². The molecule has 0 spiro atoms. The smallest absolute Gasteiger partial charge is 0.252 e. The summed E-state index contributed by atoms with van der Waals surface area (Å²) in [5, 5.41) is 4.39. The van der Waals surface area contributed by atoms with E-state index in [1.165, 1.54) is 0 Å². The maximum Gasteiger partial charge on any atom is 0.252 e. The van der Waals surface area contributed by atoms with Crippen molar-refractivity contribution in [2.75, 3.05) is 0 Å². The van der Waals surface area contributed by atoms with Crippen LogP contribution in [0.1, 0.15) is 34.7 Å². The second kappa shape index (κ2) is 6.61. The first kappa shape index (κ1) is 15.9. The van der Waals surface area contributed by atoms with Gasteiger partial charge in [-0.1, -0.05) is 41.4 Å². The van der Waals surface area contributed by atoms with Gasteiger partial charge in [0.25, 0.3) is 5.91 Å². The number of nitrogens with one attached hydrogen (secondary N) is 1. The summed E-state index contributed by atoms with van der Waals surface area (Å²) in [5.41, 5.74) is 1.70. The lowest BCUT2D eigenvalue weighted by molar-refractivity contribution is 0.0904. The van der Waals surface area contributed by atoms with E-state index in [0.717, 1.165) is 22.9 Å². The molecule has 2 nitrogen and oxygen atoms in total. The molecule has 1 saturated carbocycles. The van der Waals surface area contributed by atoms with E-state index in [2.05, 4.69) is 21.2 Å². The summed E-state index contributed by atoms with van der Waals surface area (Å²) in [4.78, 5) is 12.4. The summed E-state index contributed by atoms with van der Waals surface area (Å²) in [6, 6.07) is 13.1. The second-order valence-electron chi connectivity index (χ2n) is 5.41. The third-order valence-electron chi connectivity index (χ3n) is 4.07. The molecule has 22 heavy (non-hydrogen) atoms. The van der Waals surface area contributed by atoms with Crippen molar-refractivity contribution >= 4 is 45.0 Å². The molecular formula is C17H14BrCl2NO. The zero-order valence-electron chi connectivity index (χ0n) is 11.7. The van der Waals surface area contributed by atoms with E-state index >= 15 is 0 Å². The molecule has 1 aliphatic carbocycles. The minimum absolute atomic E-state index is 0.0627. The number of carbonyl (C=O) groups excluding carboxylic acids is 1. The fourth-order valence-electron chi connectivity index (χ4n) is 2.74. The molecule has 0 saturated heterocycles. The first-order valence-corrected chi connectivity index (χ1v) is 8.61. The van der Waals surface area contributed by atoms with E-state index in [-0.39, 0.29) is 17.9 Å². The van der Waals surface area contributed by atoms with E-state index in [4.69, 9.17) is 23.2 Å². The van der Waals surface area contributed by atoms with Gasteiger partial charge in [0.1, 0.15) is 0 Å². The number of carbonyl (C=O) groups is 1. The van der Waals surface area contributed by atoms with Gasteiger partial charge in [0.2, 0.25) is 0 Å². The lowest BCUT2D eigenvalue weighted by Gasteiger charge is -2.38. The van der Waals surface area contributed by atoms with Crippen molar-refractivity contribution in [3.8, 4) is 0 Å². The Labute approximate surface area is 147 Å². The zero-order valence-corrected chi connectivity index (χ0v) is 14.8. The molecule has 1 aliphatic rings. The zero-order chi connectivity index (χ0) is 15.7. The maximum atomic E-state index is 12.4. The van der Waals surface area contributed by atoms with Gasteiger partial charge in [-0.3, -0.25) is 4.79 Å². The summed E-state index contributed by atoms with van der Waals surface area (Å²) >= 11 is 15.6. The molecule has 3 rings (SSSR count). The Morgan fingerprint density at radius 3 is 2.55 bits per heavy atom. The molecule has 0 aromatic heterocycles. The lowest BCUT2D eigenvalue weighted by atomic mass is 9.75. The van der Waals surface area contributed by atoms with Gasteiger partial charge < -0.3 is 5.32 Å². The average Bonchev–Trinajstić information content (AvgIpc) is 2.46. The summed E-state index contributed by atoms with van der Waals surface area (Å²) in [6.45, 7) is 0. The molecule has 1 N–H and O–H groups in total. The average molecular weight is 399 g/mol. The molecular weight excluding hydrogens is 385 g/mol. The van der Waals surface area contributed by atoms with Crippen molar-refractivity contribution in [3.05, 3.63) is 68.1 Å². The van der Waals surface area contributed by atoms with Gasteiger partial charge in [-0.15, -0.1) is 0 Å². The van der Waals surface area contributed by atoms with Crippen molar-refractivity contribution in [2.45, 2.75) is 24.8 Å². The van der Waals surface area contributed by atoms with Crippen LogP contribution in [0.3, 0.4) is 0 Å². The third-order valence-corrected chi connectivity index (χ3v) is 5.33. The molecule has 114 valence electrons. The minimum atomic E-state index is -0.0627. The quantitative estimate of drug-likeness (QED) is 0.733. The Kier molecular flexibility index (Phi) is 4.76. The Morgan fingerprint density at radius 2 is 1.91 bits per heavy atom. The number of rotatable bonds is 3. The Morgan fingerprint density at radius 1 is 1.14 bits per heavy atom. The van der Waals surface area contributed by atoms with E-state index in [1.54, 1.807) is 6.07 Å². The Hall–Kier alpha value is -1.03. The van der Waals surface area contributed by atoms with Crippen LogP contribution in [0.5, 0.6) is 0 Å². The van der Waals surface area contributed by atoms with E-state index in [9.17, 15) is 4.79 Å². The molecule has 1 fully saturated rings. The number of halogens is 3. The van der Waals surface area contributed by atoms with Gasteiger partial charge in [0, 0.05) is 26.5 Å². The monoisotopic (exact) mass is 397 g/mol. The largest absolute Gasteiger partial charge is 0.349 e. The fourth-order valence-corrected chi connectivity index (χ4v) is 3.75. The molecule has 0 bridgehead atoms. The maximum absolute atomic E-state index is 12.4. The Bertz CT molecular complexity index is 720. The molecule has 2 aromatic rings. The van der Waals surface area contributed by atoms with Crippen LogP contribution in [0, 0.1) is 0 Å². The topological polar surface area (TPSA) is 29.1 Å². The molecule has 5 heteroatoms. The highest BCUT2D eigenvalue weighted by molar-refractivity contribution is 9.10. The van der Waals surface area contributed by atoms with Gasteiger partial charge >= 0.3 is 0 Å². The summed E-state index contributed by atoms with van der Waals surface area (Å²) in [5.74, 6) is 0.184. The van der Waals surface area contributed by atoms with Crippen molar-refractivity contribution < 1.29 is 4.79 Å². The lowest BCUT2D eigenvalue weighted by Crippen LogP contribution is -2.45. The summed E-state index contributed by atoms with van der Waals surface area (Å²) in [6.07, 6.45) is 1.97. The van der Waals surface area contributed by atoms with Crippen LogP contribution in [-0.4, -0.2) is 11.9 Å². The van der Waals surface area contributed by atoms with Crippen LogP contribution in [0.15, 0.2) is 46.9 Å². The van der Waals surface area contributed by atoms with Crippen LogP contribution >= 0.6 is 39.1 Å². The highest BCUT2D eigenvalue weighted by Gasteiger charge is 2.34. The molecule has 2 aromatic carbocycles. The summed E-state index contributed by atoms with van der Waals surface area (Å²) < 4.78 is 0.799. The van der Waals surface area contributed by atoms with Crippen molar-refractivity contribution in [1.29, 1.82) is 0 Å². The highest BCUT2D eigenvalue weighted by atomic mass is 79.9. The molecule has 0 heterocycles. The highest BCUT2D eigenvalue weighted by Crippen LogP contribution is 2.41. The van der Waals surface area contributed by atoms with Gasteiger partial charge in [-0.2, -0.15) is 0 Å². The van der Waals surface area contributed by atoms with Crippen LogP contribution in [0.25, 0.3) is 0 Å². The third kappa shape index (κ3) is 3.17. The van der Waals surface area contributed by atoms with Gasteiger partial charge in [-0.25, -0.2) is 0 Å². The normalized spacial score (nSPS) is 20.3. The first-order chi connectivity index (χ1) is 10.6. The van der Waals surface area contributed by atoms with Crippen LogP contribution in [0.2, 0.25) is 10.0 Å². The fraction of sp³-hybridized carbons (Fsp3) is 0.235. The Balaban J connectivity index is 1.74. The van der Waals surface area contributed by atoms with Crippen molar-refractivity contribution in [1.82, 2.24) is 5.32 Å². The predicted octanol–water partition coefficient (Wildman–Crippen LogP) is 5.43. The SMILES string of the molecule is O=C(N[C@H]1CC[C@H]1c1ccc(Cl)cc1Cl)c1ccccc1Br. The predicted molar refractivity (Wildman–Crippen MR) is 93.8 cm³/mol. The molecule has 2 atom stereocenters. The van der Waals surface area contributed by atoms with E-state index in [1.807, 2.05) is 36.4 Å². The van der Waals surface area contributed by atoms with Crippen molar-refractivity contribution in [2.24, 2.45) is 0 Å². The summed E-state index contributed by atoms with van der Waals surface area (Å²) in [7, 11) is 0. The van der Waals surface area contributed by atoms with Gasteiger partial charge in [0.15, 0.2) is 0 Å². The molecule has 0 aliphatic heterocycles. The standard InChI is InChI=1S/C17H14BrCl2NO/c18-14-4-2-1-3-13(14)17(22)21-16-8-7-12(16)11-6-5-10(19)9-15(11)20/h1-6,9,12,16H,7-8H2,(H,21,22)/t12-,16-/m0/s1. The van der Waals surface area contributed by atoms with Crippen molar-refractivity contribution in [3.63, 3.8) is 0 Å². The number of amides is 1. The minimum Gasteiger partial charge on any atom is -0.349 e. The number of hydrogen-bond acceptors (Lipinski definition) is 1. The van der Waals surface area contributed by atoms with Crippen LogP contribution < -0.4 is 5.32 Å². The van der Waals surface area contributed by atoms with E-state index < -0.39 is 0 Å². The number of hydrogen-bond donors (Lipinski definition) is 1. The molecule has 0 unspecified atom stereocenters. The molecule has 0 radical (unpaired) electrons. The van der Waals surface area contributed by atoms with E-state index in [0.29, 0.717) is 15.6 Å². The van der Waals surface area contributed by atoms with Gasteiger partial charge in [0.05, 0.1) is 5.56 Å². The van der Waals surface area contributed by atoms with Gasteiger partial charge in [-0.05, 0) is 58.6 Å².